The van der Waals surface area contributed by atoms with Crippen LogP contribution in [0.25, 0.3) is 10.6 Å². The first-order valence-electron chi connectivity index (χ1n) is 7.89. The van der Waals surface area contributed by atoms with Crippen LogP contribution in [0.3, 0.4) is 0 Å². The van der Waals surface area contributed by atoms with Gasteiger partial charge >= 0.3 is 0 Å². The fourth-order valence-electron chi connectivity index (χ4n) is 2.64. The SMILES string of the molecule is Cc1nc(-c2ccc(F)cc2)sc1C(C)NC(=O)C1COCCN1.Cl. The van der Waals surface area contributed by atoms with E-state index in [0.717, 1.165) is 21.1 Å². The molecule has 25 heavy (non-hydrogen) atoms. The average Bonchev–Trinajstić information content (AvgIpc) is 2.98. The van der Waals surface area contributed by atoms with E-state index >= 15 is 0 Å². The molecule has 136 valence electrons. The summed E-state index contributed by atoms with van der Waals surface area (Å²) in [5.74, 6) is -0.339. The molecule has 1 aliphatic heterocycles. The maximum atomic E-state index is 13.1. The highest BCUT2D eigenvalue weighted by Gasteiger charge is 2.24. The number of halogens is 2. The summed E-state index contributed by atoms with van der Waals surface area (Å²) < 4.78 is 18.4. The second kappa shape index (κ2) is 8.71. The minimum Gasteiger partial charge on any atom is -0.378 e. The molecule has 2 aromatic rings. The quantitative estimate of drug-likeness (QED) is 0.849. The average molecular weight is 386 g/mol. The Bertz CT molecular complexity index is 717. The Hall–Kier alpha value is -1.54. The van der Waals surface area contributed by atoms with Crippen LogP contribution in [-0.2, 0) is 9.53 Å². The van der Waals surface area contributed by atoms with Gasteiger partial charge in [0.25, 0.3) is 0 Å². The van der Waals surface area contributed by atoms with Gasteiger partial charge in [-0.15, -0.1) is 23.7 Å². The van der Waals surface area contributed by atoms with Gasteiger partial charge in [-0.1, -0.05) is 0 Å². The van der Waals surface area contributed by atoms with Crippen molar-refractivity contribution in [2.75, 3.05) is 19.8 Å². The summed E-state index contributed by atoms with van der Waals surface area (Å²) in [4.78, 5) is 17.9. The maximum absolute atomic E-state index is 13.1. The van der Waals surface area contributed by atoms with Gasteiger partial charge in [-0.05, 0) is 38.1 Å². The van der Waals surface area contributed by atoms with E-state index in [1.165, 1.54) is 23.5 Å². The number of aryl methyl sites for hydroxylation is 1. The molecule has 1 amide bonds. The molecule has 0 radical (unpaired) electrons. The van der Waals surface area contributed by atoms with Gasteiger partial charge < -0.3 is 15.4 Å². The number of benzene rings is 1. The fourth-order valence-corrected chi connectivity index (χ4v) is 3.71. The standard InChI is InChI=1S/C17H20FN3O2S.ClH/c1-10(20-16(22)14-9-23-8-7-19-14)15-11(2)21-17(24-15)12-3-5-13(18)6-4-12;/h3-6,10,14,19H,7-9H2,1-2H3,(H,20,22);1H. The third-order valence-corrected chi connectivity index (χ3v) is 5.30. The van der Waals surface area contributed by atoms with Gasteiger partial charge in [0.15, 0.2) is 0 Å². The lowest BCUT2D eigenvalue weighted by Gasteiger charge is -2.24. The van der Waals surface area contributed by atoms with Crippen molar-refractivity contribution in [3.05, 3.63) is 40.7 Å². The zero-order chi connectivity index (χ0) is 17.1. The molecular weight excluding hydrogens is 365 g/mol. The molecule has 1 aromatic heterocycles. The molecule has 8 heteroatoms. The molecule has 2 atom stereocenters. The number of amides is 1. The highest BCUT2D eigenvalue weighted by molar-refractivity contribution is 7.15. The highest BCUT2D eigenvalue weighted by Crippen LogP contribution is 2.31. The Balaban J connectivity index is 0.00000225. The van der Waals surface area contributed by atoms with Gasteiger partial charge in [0.1, 0.15) is 16.9 Å². The van der Waals surface area contributed by atoms with E-state index in [9.17, 15) is 9.18 Å². The second-order valence-corrected chi connectivity index (χ2v) is 6.82. The number of morpholine rings is 1. The normalized spacial score (nSPS) is 18.3. The number of hydrogen-bond acceptors (Lipinski definition) is 5. The van der Waals surface area contributed by atoms with Crippen molar-refractivity contribution in [2.24, 2.45) is 0 Å². The van der Waals surface area contributed by atoms with E-state index in [1.807, 2.05) is 13.8 Å². The molecule has 2 heterocycles. The number of thiazole rings is 1. The van der Waals surface area contributed by atoms with E-state index in [4.69, 9.17) is 4.74 Å². The largest absolute Gasteiger partial charge is 0.378 e. The van der Waals surface area contributed by atoms with Gasteiger partial charge in [0.2, 0.25) is 5.91 Å². The number of rotatable bonds is 4. The molecular formula is C17H21ClFN3O2S. The molecule has 3 rings (SSSR count). The van der Waals surface area contributed by atoms with Crippen LogP contribution < -0.4 is 10.6 Å². The first-order valence-corrected chi connectivity index (χ1v) is 8.71. The van der Waals surface area contributed by atoms with Gasteiger partial charge in [-0.2, -0.15) is 0 Å². The van der Waals surface area contributed by atoms with Gasteiger partial charge in [0.05, 0.1) is 29.8 Å². The van der Waals surface area contributed by atoms with E-state index < -0.39 is 0 Å². The maximum Gasteiger partial charge on any atom is 0.240 e. The summed E-state index contributed by atoms with van der Waals surface area (Å²) in [7, 11) is 0. The summed E-state index contributed by atoms with van der Waals surface area (Å²) in [6.07, 6.45) is 0. The summed E-state index contributed by atoms with van der Waals surface area (Å²) >= 11 is 1.52. The number of aromatic nitrogens is 1. The molecule has 0 spiro atoms. The van der Waals surface area contributed by atoms with Crippen molar-refractivity contribution in [2.45, 2.75) is 25.9 Å². The Morgan fingerprint density at radius 2 is 2.16 bits per heavy atom. The summed E-state index contributed by atoms with van der Waals surface area (Å²) in [5, 5.41) is 6.97. The number of carbonyl (C=O) groups is 1. The Labute approximate surface area is 156 Å². The van der Waals surface area contributed by atoms with Crippen LogP contribution in [0.5, 0.6) is 0 Å². The molecule has 0 bridgehead atoms. The highest BCUT2D eigenvalue weighted by atomic mass is 35.5. The molecule has 2 N–H and O–H groups in total. The lowest BCUT2D eigenvalue weighted by molar-refractivity contribution is -0.126. The van der Waals surface area contributed by atoms with E-state index in [-0.39, 0.29) is 36.2 Å². The monoisotopic (exact) mass is 385 g/mol. The van der Waals surface area contributed by atoms with E-state index in [1.54, 1.807) is 12.1 Å². The smallest absolute Gasteiger partial charge is 0.240 e. The zero-order valence-corrected chi connectivity index (χ0v) is 15.7. The number of nitrogens with one attached hydrogen (secondary N) is 2. The topological polar surface area (TPSA) is 63.2 Å². The van der Waals surface area contributed by atoms with Crippen LogP contribution in [-0.4, -0.2) is 36.7 Å². The molecule has 2 unspecified atom stereocenters. The first-order chi connectivity index (χ1) is 11.5. The lowest BCUT2D eigenvalue weighted by atomic mass is 10.2. The number of hydrogen-bond donors (Lipinski definition) is 2. The number of carbonyl (C=O) groups excluding carboxylic acids is 1. The Kier molecular flexibility index (Phi) is 6.89. The molecule has 0 saturated carbocycles. The van der Waals surface area contributed by atoms with Crippen LogP contribution in [0.4, 0.5) is 4.39 Å². The summed E-state index contributed by atoms with van der Waals surface area (Å²) in [5.41, 5.74) is 1.75. The summed E-state index contributed by atoms with van der Waals surface area (Å²) in [6.45, 7) is 5.57. The van der Waals surface area contributed by atoms with Crippen molar-refractivity contribution in [1.29, 1.82) is 0 Å². The molecule has 1 fully saturated rings. The van der Waals surface area contributed by atoms with Gasteiger partial charge in [0, 0.05) is 12.1 Å². The Morgan fingerprint density at radius 1 is 1.44 bits per heavy atom. The molecule has 0 aliphatic carbocycles. The second-order valence-electron chi connectivity index (χ2n) is 5.79. The summed E-state index contributed by atoms with van der Waals surface area (Å²) in [6, 6.07) is 5.81. The van der Waals surface area contributed by atoms with Gasteiger partial charge in [-0.25, -0.2) is 9.37 Å². The molecule has 1 aliphatic rings. The van der Waals surface area contributed by atoms with E-state index in [0.29, 0.717) is 19.8 Å². The minimum absolute atomic E-state index is 0. The number of nitrogens with zero attached hydrogens (tertiary/aromatic N) is 1. The third kappa shape index (κ3) is 4.76. The van der Waals surface area contributed by atoms with Crippen molar-refractivity contribution < 1.29 is 13.9 Å². The predicted molar refractivity (Wildman–Crippen MR) is 98.7 cm³/mol. The first kappa shape index (κ1) is 19.8. The van der Waals surface area contributed by atoms with Crippen molar-refractivity contribution >= 4 is 29.7 Å². The van der Waals surface area contributed by atoms with Gasteiger partial charge in [-0.3, -0.25) is 4.79 Å². The molecule has 5 nitrogen and oxygen atoms in total. The van der Waals surface area contributed by atoms with Crippen LogP contribution in [0, 0.1) is 12.7 Å². The zero-order valence-electron chi connectivity index (χ0n) is 14.0. The molecule has 1 saturated heterocycles. The van der Waals surface area contributed by atoms with Crippen molar-refractivity contribution in [1.82, 2.24) is 15.6 Å². The van der Waals surface area contributed by atoms with Crippen LogP contribution in [0.1, 0.15) is 23.5 Å². The third-order valence-electron chi connectivity index (χ3n) is 3.91. The lowest BCUT2D eigenvalue weighted by Crippen LogP contribution is -2.51. The minimum atomic E-state index is -0.314. The van der Waals surface area contributed by atoms with Crippen molar-refractivity contribution in [3.8, 4) is 10.6 Å². The van der Waals surface area contributed by atoms with Crippen molar-refractivity contribution in [3.63, 3.8) is 0 Å². The predicted octanol–water partition coefficient (Wildman–Crippen LogP) is 2.85. The molecule has 1 aromatic carbocycles. The van der Waals surface area contributed by atoms with Crippen LogP contribution >= 0.6 is 23.7 Å². The van der Waals surface area contributed by atoms with E-state index in [2.05, 4.69) is 15.6 Å². The Morgan fingerprint density at radius 3 is 2.80 bits per heavy atom. The van der Waals surface area contributed by atoms with Crippen LogP contribution in [0.15, 0.2) is 24.3 Å². The van der Waals surface area contributed by atoms with Crippen LogP contribution in [0.2, 0.25) is 0 Å². The fraction of sp³-hybridized carbons (Fsp3) is 0.412. The number of ether oxygens (including phenoxy) is 1.